The molecule has 20 heavy (non-hydrogen) atoms. The number of aromatic amines is 1. The molecule has 3 aromatic rings. The third kappa shape index (κ3) is 2.01. The van der Waals surface area contributed by atoms with Gasteiger partial charge in [0.15, 0.2) is 5.65 Å². The minimum absolute atomic E-state index is 0.0952. The third-order valence-electron chi connectivity index (χ3n) is 3.19. The quantitative estimate of drug-likeness (QED) is 0.677. The standard InChI is InChI=1S/C14H12ClN3O2/c1-7-13-8(6-19)4-12(16-14(13)18-17-7)10-3-2-9(20)5-11(10)15/h2-5,19-20H,6H2,1H3,(H,16,17,18). The molecular formula is C14H12ClN3O2. The van der Waals surface area contributed by atoms with Crippen LogP contribution in [0.25, 0.3) is 22.3 Å². The van der Waals surface area contributed by atoms with Crippen molar-refractivity contribution < 1.29 is 10.2 Å². The summed E-state index contributed by atoms with van der Waals surface area (Å²) in [5, 5.41) is 27.1. The van der Waals surface area contributed by atoms with Gasteiger partial charge in [0.25, 0.3) is 0 Å². The fourth-order valence-corrected chi connectivity index (χ4v) is 2.51. The van der Waals surface area contributed by atoms with Crippen molar-refractivity contribution in [1.29, 1.82) is 0 Å². The summed E-state index contributed by atoms with van der Waals surface area (Å²) in [6.45, 7) is 1.77. The summed E-state index contributed by atoms with van der Waals surface area (Å²) in [4.78, 5) is 4.45. The zero-order valence-electron chi connectivity index (χ0n) is 10.7. The molecular weight excluding hydrogens is 278 g/mol. The van der Waals surface area contributed by atoms with Crippen LogP contribution in [0.15, 0.2) is 24.3 Å². The van der Waals surface area contributed by atoms with E-state index < -0.39 is 0 Å². The van der Waals surface area contributed by atoms with Gasteiger partial charge in [-0.25, -0.2) is 4.98 Å². The Hall–Kier alpha value is -2.11. The van der Waals surface area contributed by atoms with Crippen molar-refractivity contribution in [3.63, 3.8) is 0 Å². The first-order valence-electron chi connectivity index (χ1n) is 6.04. The Kier molecular flexibility index (Phi) is 3.08. The first-order chi connectivity index (χ1) is 9.60. The molecule has 3 rings (SSSR count). The molecule has 0 fully saturated rings. The van der Waals surface area contributed by atoms with Gasteiger partial charge in [-0.1, -0.05) is 11.6 Å². The molecule has 5 nitrogen and oxygen atoms in total. The number of hydrogen-bond donors (Lipinski definition) is 3. The summed E-state index contributed by atoms with van der Waals surface area (Å²) in [6.07, 6.45) is 0. The normalized spacial score (nSPS) is 11.2. The van der Waals surface area contributed by atoms with Gasteiger partial charge in [0.05, 0.1) is 17.3 Å². The number of benzene rings is 1. The predicted octanol–water partition coefficient (Wildman–Crippen LogP) is 2.78. The van der Waals surface area contributed by atoms with Crippen LogP contribution < -0.4 is 0 Å². The first kappa shape index (κ1) is 12.9. The number of nitrogens with one attached hydrogen (secondary N) is 1. The van der Waals surface area contributed by atoms with Gasteiger partial charge in [-0.2, -0.15) is 5.10 Å². The van der Waals surface area contributed by atoms with Crippen molar-refractivity contribution in [3.05, 3.63) is 40.5 Å². The average molecular weight is 290 g/mol. The Balaban J connectivity index is 2.26. The topological polar surface area (TPSA) is 82.0 Å². The van der Waals surface area contributed by atoms with Gasteiger partial charge >= 0.3 is 0 Å². The highest BCUT2D eigenvalue weighted by Crippen LogP contribution is 2.32. The van der Waals surface area contributed by atoms with E-state index in [-0.39, 0.29) is 12.4 Å². The van der Waals surface area contributed by atoms with E-state index in [2.05, 4.69) is 15.2 Å². The van der Waals surface area contributed by atoms with Crippen LogP contribution in [-0.2, 0) is 6.61 Å². The first-order valence-corrected chi connectivity index (χ1v) is 6.42. The molecule has 0 unspecified atom stereocenters. The lowest BCUT2D eigenvalue weighted by molar-refractivity contribution is 0.283. The number of fused-ring (bicyclic) bond motifs is 1. The maximum absolute atomic E-state index is 9.52. The average Bonchev–Trinajstić information content (AvgIpc) is 2.79. The minimum atomic E-state index is -0.109. The molecule has 0 aliphatic rings. The molecule has 0 saturated carbocycles. The van der Waals surface area contributed by atoms with E-state index in [1.165, 1.54) is 6.07 Å². The molecule has 1 aromatic carbocycles. The maximum Gasteiger partial charge on any atom is 0.182 e. The third-order valence-corrected chi connectivity index (χ3v) is 3.50. The second-order valence-corrected chi connectivity index (χ2v) is 4.94. The van der Waals surface area contributed by atoms with E-state index in [9.17, 15) is 10.2 Å². The lowest BCUT2D eigenvalue weighted by Crippen LogP contribution is -1.92. The monoisotopic (exact) mass is 289 g/mol. The lowest BCUT2D eigenvalue weighted by atomic mass is 10.1. The van der Waals surface area contributed by atoms with E-state index in [1.807, 2.05) is 6.92 Å². The van der Waals surface area contributed by atoms with E-state index in [4.69, 9.17) is 11.6 Å². The number of hydrogen-bond acceptors (Lipinski definition) is 4. The Labute approximate surface area is 119 Å². The summed E-state index contributed by atoms with van der Waals surface area (Å²) in [5.41, 5.74) is 3.42. The summed E-state index contributed by atoms with van der Waals surface area (Å²) in [7, 11) is 0. The van der Waals surface area contributed by atoms with E-state index in [0.29, 0.717) is 21.9 Å². The van der Waals surface area contributed by atoms with Gasteiger partial charge in [0, 0.05) is 16.6 Å². The predicted molar refractivity (Wildman–Crippen MR) is 76.7 cm³/mol. The van der Waals surface area contributed by atoms with Gasteiger partial charge < -0.3 is 10.2 Å². The Morgan fingerprint density at radius 2 is 2.10 bits per heavy atom. The van der Waals surface area contributed by atoms with Crippen molar-refractivity contribution >= 4 is 22.6 Å². The summed E-state index contributed by atoms with van der Waals surface area (Å²) < 4.78 is 0. The SMILES string of the molecule is Cc1[nH]nc2nc(-c3ccc(O)cc3Cl)cc(CO)c12. The molecule has 0 aliphatic carbocycles. The van der Waals surface area contributed by atoms with Crippen LogP contribution in [0.3, 0.4) is 0 Å². The van der Waals surface area contributed by atoms with Gasteiger partial charge in [0.2, 0.25) is 0 Å². The van der Waals surface area contributed by atoms with Crippen molar-refractivity contribution in [2.24, 2.45) is 0 Å². The van der Waals surface area contributed by atoms with Crippen LogP contribution in [0.4, 0.5) is 0 Å². The van der Waals surface area contributed by atoms with Crippen LogP contribution in [-0.4, -0.2) is 25.4 Å². The smallest absolute Gasteiger partial charge is 0.182 e. The highest BCUT2D eigenvalue weighted by molar-refractivity contribution is 6.33. The second kappa shape index (κ2) is 4.77. The number of aromatic nitrogens is 3. The second-order valence-electron chi connectivity index (χ2n) is 4.54. The van der Waals surface area contributed by atoms with E-state index in [0.717, 1.165) is 16.6 Å². The number of H-pyrrole nitrogens is 1. The molecule has 0 radical (unpaired) electrons. The Bertz CT molecular complexity index is 798. The van der Waals surface area contributed by atoms with Crippen LogP contribution in [0.1, 0.15) is 11.3 Å². The van der Waals surface area contributed by atoms with Crippen molar-refractivity contribution in [3.8, 4) is 17.0 Å². The molecule has 0 bridgehead atoms. The number of aryl methyl sites for hydroxylation is 1. The van der Waals surface area contributed by atoms with Gasteiger partial charge in [-0.15, -0.1) is 0 Å². The number of halogens is 1. The Morgan fingerprint density at radius 3 is 2.80 bits per heavy atom. The van der Waals surface area contributed by atoms with Crippen molar-refractivity contribution in [1.82, 2.24) is 15.2 Å². The lowest BCUT2D eigenvalue weighted by Gasteiger charge is -2.07. The van der Waals surface area contributed by atoms with E-state index >= 15 is 0 Å². The molecule has 2 heterocycles. The zero-order chi connectivity index (χ0) is 14.3. The molecule has 0 amide bonds. The highest BCUT2D eigenvalue weighted by Gasteiger charge is 2.13. The van der Waals surface area contributed by atoms with Crippen molar-refractivity contribution in [2.45, 2.75) is 13.5 Å². The van der Waals surface area contributed by atoms with Crippen LogP contribution in [0, 0.1) is 6.92 Å². The van der Waals surface area contributed by atoms with Crippen molar-refractivity contribution in [2.75, 3.05) is 0 Å². The minimum Gasteiger partial charge on any atom is -0.508 e. The molecule has 0 spiro atoms. The Morgan fingerprint density at radius 1 is 1.30 bits per heavy atom. The van der Waals surface area contributed by atoms with E-state index in [1.54, 1.807) is 18.2 Å². The number of phenolic OH excluding ortho intramolecular Hbond substituents is 1. The van der Waals surface area contributed by atoms with Crippen LogP contribution >= 0.6 is 11.6 Å². The molecule has 0 aliphatic heterocycles. The number of aromatic hydroxyl groups is 1. The maximum atomic E-state index is 9.52. The molecule has 2 aromatic heterocycles. The molecule has 0 atom stereocenters. The highest BCUT2D eigenvalue weighted by atomic mass is 35.5. The number of aliphatic hydroxyl groups excluding tert-OH is 1. The van der Waals surface area contributed by atoms with Gasteiger partial charge in [-0.05, 0) is 36.8 Å². The molecule has 6 heteroatoms. The largest absolute Gasteiger partial charge is 0.508 e. The zero-order valence-corrected chi connectivity index (χ0v) is 11.4. The number of phenols is 1. The summed E-state index contributed by atoms with van der Waals surface area (Å²) >= 11 is 6.13. The number of nitrogens with zero attached hydrogens (tertiary/aromatic N) is 2. The number of pyridine rings is 1. The summed E-state index contributed by atoms with van der Waals surface area (Å²) in [5.74, 6) is 0.0952. The molecule has 102 valence electrons. The van der Waals surface area contributed by atoms with Gasteiger partial charge in [-0.3, -0.25) is 5.10 Å². The molecule has 3 N–H and O–H groups in total. The fourth-order valence-electron chi connectivity index (χ4n) is 2.24. The van der Waals surface area contributed by atoms with Crippen LogP contribution in [0.2, 0.25) is 5.02 Å². The summed E-state index contributed by atoms with van der Waals surface area (Å²) in [6, 6.07) is 6.47. The number of rotatable bonds is 2. The molecule has 0 saturated heterocycles. The van der Waals surface area contributed by atoms with Crippen LogP contribution in [0.5, 0.6) is 5.75 Å². The number of aliphatic hydroxyl groups is 1. The fraction of sp³-hybridized carbons (Fsp3) is 0.143. The van der Waals surface area contributed by atoms with Gasteiger partial charge in [0.1, 0.15) is 5.75 Å².